The number of hydrogen-bond donors (Lipinski definition) is 0. The van der Waals surface area contributed by atoms with Gasteiger partial charge < -0.3 is 4.74 Å². The first-order valence-corrected chi connectivity index (χ1v) is 6.12. The average molecular weight is 204 g/mol. The fourth-order valence-corrected chi connectivity index (χ4v) is 1.19. The van der Waals surface area contributed by atoms with Gasteiger partial charge in [-0.3, -0.25) is 4.79 Å². The Bertz CT molecular complexity index is 153. The minimum absolute atomic E-state index is 0.0966. The highest BCUT2D eigenvalue weighted by atomic mass is 32.2. The van der Waals surface area contributed by atoms with E-state index < -0.39 is 0 Å². The second kappa shape index (κ2) is 6.30. The molecule has 0 N–H and O–H groups in total. The fourth-order valence-electron chi connectivity index (χ4n) is 0.868. The molecule has 2 nitrogen and oxygen atoms in total. The van der Waals surface area contributed by atoms with Crippen molar-refractivity contribution in [3.05, 3.63) is 0 Å². The summed E-state index contributed by atoms with van der Waals surface area (Å²) in [6.45, 7) is 6.97. The third-order valence-corrected chi connectivity index (χ3v) is 3.08. The molecule has 0 atom stereocenters. The summed E-state index contributed by atoms with van der Waals surface area (Å²) in [5.74, 6) is 0.365. The SMILES string of the molecule is CCC(C)(CC)COC(=O)CSC. The van der Waals surface area contributed by atoms with Gasteiger partial charge in [0.15, 0.2) is 0 Å². The second-order valence-electron chi connectivity index (χ2n) is 3.61. The van der Waals surface area contributed by atoms with Gasteiger partial charge in [0.2, 0.25) is 0 Å². The van der Waals surface area contributed by atoms with Gasteiger partial charge in [-0.25, -0.2) is 0 Å². The van der Waals surface area contributed by atoms with E-state index in [1.54, 1.807) is 0 Å². The molecule has 0 spiro atoms. The Labute approximate surface area is 85.4 Å². The number of ether oxygens (including phenoxy) is 1. The van der Waals surface area contributed by atoms with Crippen LogP contribution >= 0.6 is 11.8 Å². The van der Waals surface area contributed by atoms with Crippen LogP contribution in [0.5, 0.6) is 0 Å². The molecule has 0 saturated carbocycles. The van der Waals surface area contributed by atoms with Gasteiger partial charge in [0.25, 0.3) is 0 Å². The van der Waals surface area contributed by atoms with Crippen LogP contribution in [0.2, 0.25) is 0 Å². The lowest BCUT2D eigenvalue weighted by Crippen LogP contribution is -2.24. The van der Waals surface area contributed by atoms with Crippen LogP contribution in [-0.2, 0) is 9.53 Å². The summed E-state index contributed by atoms with van der Waals surface area (Å²) in [5, 5.41) is 0. The first-order chi connectivity index (χ1) is 6.08. The maximum atomic E-state index is 11.1. The summed E-state index contributed by atoms with van der Waals surface area (Å²) in [7, 11) is 0. The third-order valence-electron chi connectivity index (χ3n) is 2.55. The zero-order chi connectivity index (χ0) is 10.3. The van der Waals surface area contributed by atoms with Crippen molar-refractivity contribution in [2.45, 2.75) is 33.6 Å². The van der Waals surface area contributed by atoms with Crippen LogP contribution in [0.1, 0.15) is 33.6 Å². The number of carbonyl (C=O) groups is 1. The Morgan fingerprint density at radius 2 is 1.92 bits per heavy atom. The molecule has 0 aromatic carbocycles. The minimum Gasteiger partial charge on any atom is -0.464 e. The number of hydrogen-bond acceptors (Lipinski definition) is 3. The Morgan fingerprint density at radius 3 is 2.31 bits per heavy atom. The maximum absolute atomic E-state index is 11.1. The molecule has 0 rings (SSSR count). The highest BCUT2D eigenvalue weighted by Crippen LogP contribution is 2.25. The molecular formula is C10H20O2S. The van der Waals surface area contributed by atoms with Gasteiger partial charge in [-0.2, -0.15) is 11.8 Å². The molecule has 0 saturated heterocycles. The lowest BCUT2D eigenvalue weighted by Gasteiger charge is -2.25. The topological polar surface area (TPSA) is 26.3 Å². The van der Waals surface area contributed by atoms with Crippen LogP contribution < -0.4 is 0 Å². The van der Waals surface area contributed by atoms with Crippen LogP contribution in [0.3, 0.4) is 0 Å². The Morgan fingerprint density at radius 1 is 1.38 bits per heavy atom. The zero-order valence-electron chi connectivity index (χ0n) is 9.05. The summed E-state index contributed by atoms with van der Waals surface area (Å²) in [4.78, 5) is 11.1. The highest BCUT2D eigenvalue weighted by molar-refractivity contribution is 7.99. The highest BCUT2D eigenvalue weighted by Gasteiger charge is 2.21. The van der Waals surface area contributed by atoms with E-state index in [0.717, 1.165) is 12.8 Å². The quantitative estimate of drug-likeness (QED) is 0.622. The molecule has 0 bridgehead atoms. The van der Waals surface area contributed by atoms with Crippen molar-refractivity contribution in [1.29, 1.82) is 0 Å². The number of thioether (sulfide) groups is 1. The smallest absolute Gasteiger partial charge is 0.315 e. The van der Waals surface area contributed by atoms with Crippen LogP contribution in [0, 0.1) is 5.41 Å². The molecule has 0 amide bonds. The van der Waals surface area contributed by atoms with E-state index in [4.69, 9.17) is 4.74 Å². The Balaban J connectivity index is 3.78. The van der Waals surface area contributed by atoms with Gasteiger partial charge in [-0.05, 0) is 19.1 Å². The van der Waals surface area contributed by atoms with Crippen LogP contribution in [0.25, 0.3) is 0 Å². The number of rotatable bonds is 6. The van der Waals surface area contributed by atoms with Crippen LogP contribution in [0.15, 0.2) is 0 Å². The van der Waals surface area contributed by atoms with Crippen LogP contribution in [0.4, 0.5) is 0 Å². The average Bonchev–Trinajstić information content (AvgIpc) is 2.15. The van der Waals surface area contributed by atoms with E-state index in [2.05, 4.69) is 20.8 Å². The molecule has 0 aliphatic carbocycles. The normalized spacial score (nSPS) is 11.4. The Hall–Kier alpha value is -0.180. The minimum atomic E-state index is -0.0966. The third kappa shape index (κ3) is 5.19. The standard InChI is InChI=1S/C10H20O2S/c1-5-10(3,6-2)8-12-9(11)7-13-4/h5-8H2,1-4H3. The summed E-state index contributed by atoms with van der Waals surface area (Å²) in [6.07, 6.45) is 4.01. The first-order valence-electron chi connectivity index (χ1n) is 4.72. The molecule has 0 aliphatic rings. The summed E-state index contributed by atoms with van der Waals surface area (Å²) < 4.78 is 5.17. The van der Waals surface area contributed by atoms with Crippen molar-refractivity contribution in [3.63, 3.8) is 0 Å². The molecule has 0 radical (unpaired) electrons. The van der Waals surface area contributed by atoms with E-state index in [1.165, 1.54) is 11.8 Å². The maximum Gasteiger partial charge on any atom is 0.315 e. The fraction of sp³-hybridized carbons (Fsp3) is 0.900. The Kier molecular flexibility index (Phi) is 6.21. The zero-order valence-corrected chi connectivity index (χ0v) is 9.87. The second-order valence-corrected chi connectivity index (χ2v) is 4.48. The summed E-state index contributed by atoms with van der Waals surface area (Å²) in [5.41, 5.74) is 0.161. The van der Waals surface area contributed by atoms with Gasteiger partial charge in [0.1, 0.15) is 0 Å². The predicted molar refractivity (Wildman–Crippen MR) is 58.0 cm³/mol. The van der Waals surface area contributed by atoms with Gasteiger partial charge in [-0.15, -0.1) is 0 Å². The van der Waals surface area contributed by atoms with E-state index in [9.17, 15) is 4.79 Å². The van der Waals surface area contributed by atoms with Crippen molar-refractivity contribution in [1.82, 2.24) is 0 Å². The molecule has 0 aromatic heterocycles. The van der Waals surface area contributed by atoms with Crippen molar-refractivity contribution in [3.8, 4) is 0 Å². The van der Waals surface area contributed by atoms with Crippen LogP contribution in [-0.4, -0.2) is 24.6 Å². The molecule has 0 fully saturated rings. The molecule has 78 valence electrons. The summed E-state index contributed by atoms with van der Waals surface area (Å²) in [6, 6.07) is 0. The molecule has 0 aliphatic heterocycles. The van der Waals surface area contributed by atoms with Crippen molar-refractivity contribution in [2.75, 3.05) is 18.6 Å². The monoisotopic (exact) mass is 204 g/mol. The first kappa shape index (κ1) is 12.8. The predicted octanol–water partition coefficient (Wildman–Crippen LogP) is 2.72. The molecule has 0 heterocycles. The molecule has 0 aromatic rings. The number of esters is 1. The van der Waals surface area contributed by atoms with Crippen molar-refractivity contribution < 1.29 is 9.53 Å². The lowest BCUT2D eigenvalue weighted by molar-refractivity contribution is -0.143. The largest absolute Gasteiger partial charge is 0.464 e. The number of carbonyl (C=O) groups excluding carboxylic acids is 1. The van der Waals surface area contributed by atoms with Crippen molar-refractivity contribution >= 4 is 17.7 Å². The van der Waals surface area contributed by atoms with Gasteiger partial charge in [0, 0.05) is 5.41 Å². The van der Waals surface area contributed by atoms with E-state index in [-0.39, 0.29) is 11.4 Å². The van der Waals surface area contributed by atoms with E-state index >= 15 is 0 Å². The molecule has 3 heteroatoms. The van der Waals surface area contributed by atoms with Gasteiger partial charge >= 0.3 is 5.97 Å². The van der Waals surface area contributed by atoms with Crippen molar-refractivity contribution in [2.24, 2.45) is 5.41 Å². The molecule has 0 unspecified atom stereocenters. The van der Waals surface area contributed by atoms with Gasteiger partial charge in [0.05, 0.1) is 12.4 Å². The van der Waals surface area contributed by atoms with Gasteiger partial charge in [-0.1, -0.05) is 20.8 Å². The summed E-state index contributed by atoms with van der Waals surface area (Å²) >= 11 is 1.50. The molecule has 13 heavy (non-hydrogen) atoms. The van der Waals surface area contributed by atoms with E-state index in [1.807, 2.05) is 6.26 Å². The lowest BCUT2D eigenvalue weighted by atomic mass is 9.86. The van der Waals surface area contributed by atoms with E-state index in [0.29, 0.717) is 12.4 Å². The molecular weight excluding hydrogens is 184 g/mol.